The zero-order chi connectivity index (χ0) is 12.5. The fourth-order valence-electron chi connectivity index (χ4n) is 3.21. The van der Waals surface area contributed by atoms with Crippen molar-refractivity contribution in [2.45, 2.75) is 32.4 Å². The Morgan fingerprint density at radius 1 is 1.35 bits per heavy atom. The largest absolute Gasteiger partial charge is 0.465 e. The number of carbonyl (C=O) groups is 1. The van der Waals surface area contributed by atoms with Crippen LogP contribution in [-0.4, -0.2) is 59.4 Å². The fraction of sp³-hybridized carbons (Fsp3) is 0.917. The summed E-state index contributed by atoms with van der Waals surface area (Å²) in [6, 6.07) is 0. The van der Waals surface area contributed by atoms with Crippen molar-refractivity contribution in [1.29, 1.82) is 0 Å². The Morgan fingerprint density at radius 2 is 2.00 bits per heavy atom. The van der Waals surface area contributed by atoms with Gasteiger partial charge in [-0.25, -0.2) is 4.79 Å². The van der Waals surface area contributed by atoms with Crippen LogP contribution in [0.5, 0.6) is 0 Å². The summed E-state index contributed by atoms with van der Waals surface area (Å²) in [7, 11) is 0. The van der Waals surface area contributed by atoms with Gasteiger partial charge in [0.2, 0.25) is 0 Å². The zero-order valence-electron chi connectivity index (χ0n) is 10.8. The van der Waals surface area contributed by atoms with Crippen LogP contribution >= 0.6 is 0 Å². The molecular weight excluding hydrogens is 218 g/mol. The number of carboxylic acid groups (broad SMARTS) is 1. The van der Waals surface area contributed by atoms with E-state index in [1.807, 2.05) is 0 Å². The molecule has 5 heteroatoms. The maximum absolute atomic E-state index is 11.4. The Bertz CT molecular complexity index is 291. The quantitative estimate of drug-likeness (QED) is 0.719. The van der Waals surface area contributed by atoms with Crippen LogP contribution in [0.25, 0.3) is 0 Å². The van der Waals surface area contributed by atoms with Gasteiger partial charge < -0.3 is 10.4 Å². The molecule has 0 spiro atoms. The highest BCUT2D eigenvalue weighted by Crippen LogP contribution is 2.34. The van der Waals surface area contributed by atoms with Gasteiger partial charge in [-0.15, -0.1) is 0 Å². The zero-order valence-corrected chi connectivity index (χ0v) is 10.8. The number of nitrogens with zero attached hydrogens (tertiary/aromatic N) is 2. The second-order valence-corrected chi connectivity index (χ2v) is 5.49. The van der Waals surface area contributed by atoms with Crippen LogP contribution < -0.4 is 5.32 Å². The summed E-state index contributed by atoms with van der Waals surface area (Å²) in [5.41, 5.74) is -0.314. The van der Waals surface area contributed by atoms with Crippen LogP contribution in [0, 0.1) is 5.92 Å². The normalized spacial score (nSPS) is 35.9. The number of piperidine rings is 1. The Kier molecular flexibility index (Phi) is 3.58. The Morgan fingerprint density at radius 3 is 2.59 bits per heavy atom. The molecule has 17 heavy (non-hydrogen) atoms. The van der Waals surface area contributed by atoms with E-state index in [0.717, 1.165) is 39.0 Å². The molecular formula is C12H23N3O2. The molecule has 0 saturated carbocycles. The second kappa shape index (κ2) is 4.82. The predicted octanol–water partition coefficient (Wildman–Crippen LogP) is 1.02. The molecule has 2 fully saturated rings. The third kappa shape index (κ3) is 2.40. The lowest BCUT2D eigenvalue weighted by Gasteiger charge is -2.53. The second-order valence-electron chi connectivity index (χ2n) is 5.49. The topological polar surface area (TPSA) is 55.8 Å². The molecule has 2 aliphatic rings. The molecule has 2 atom stereocenters. The summed E-state index contributed by atoms with van der Waals surface area (Å²) in [5.74, 6) is 0.602. The summed E-state index contributed by atoms with van der Waals surface area (Å²) in [4.78, 5) is 15.4. The van der Waals surface area contributed by atoms with E-state index in [9.17, 15) is 9.90 Å². The highest BCUT2D eigenvalue weighted by molar-refractivity contribution is 5.66. The summed E-state index contributed by atoms with van der Waals surface area (Å²) in [6.07, 6.45) is 1.14. The number of hydrogen-bond donors (Lipinski definition) is 2. The molecule has 2 aliphatic heterocycles. The lowest BCUT2D eigenvalue weighted by molar-refractivity contribution is -0.0744. The number of nitrogens with one attached hydrogen (secondary N) is 1. The van der Waals surface area contributed by atoms with E-state index in [0.29, 0.717) is 12.5 Å². The maximum Gasteiger partial charge on any atom is 0.408 e. The Hall–Kier alpha value is -0.810. The minimum Gasteiger partial charge on any atom is -0.465 e. The Labute approximate surface area is 103 Å². The molecule has 2 rings (SSSR count). The van der Waals surface area contributed by atoms with Gasteiger partial charge >= 0.3 is 6.09 Å². The number of piperazine rings is 1. The van der Waals surface area contributed by atoms with E-state index < -0.39 is 6.09 Å². The molecule has 2 unspecified atom stereocenters. The molecule has 2 N–H and O–H groups in total. The van der Waals surface area contributed by atoms with Crippen molar-refractivity contribution in [1.82, 2.24) is 15.1 Å². The number of likely N-dealkylation sites (tertiary alicyclic amines) is 1. The van der Waals surface area contributed by atoms with Gasteiger partial charge in [-0.2, -0.15) is 0 Å². The molecule has 0 aromatic heterocycles. The standard InChI is InChI=1S/C12H23N3O2/c1-10-3-6-15(11(16)17)12(2,9-10)14-7-4-13-5-8-14/h10,13H,3-9H2,1-2H3,(H,16,17). The SMILES string of the molecule is CC1CCN(C(=O)O)C(C)(N2CCNCC2)C1. The van der Waals surface area contributed by atoms with Crippen molar-refractivity contribution < 1.29 is 9.90 Å². The van der Waals surface area contributed by atoms with E-state index in [1.54, 1.807) is 4.90 Å². The first kappa shape index (κ1) is 12.6. The molecule has 0 aromatic rings. The lowest BCUT2D eigenvalue weighted by Crippen LogP contribution is -2.66. The molecule has 0 bridgehead atoms. The van der Waals surface area contributed by atoms with Gasteiger partial charge in [-0.05, 0) is 25.7 Å². The van der Waals surface area contributed by atoms with Crippen molar-refractivity contribution in [2.24, 2.45) is 5.92 Å². The smallest absolute Gasteiger partial charge is 0.408 e. The molecule has 2 saturated heterocycles. The van der Waals surface area contributed by atoms with Gasteiger partial charge in [-0.3, -0.25) is 9.80 Å². The molecule has 0 aromatic carbocycles. The maximum atomic E-state index is 11.4. The third-order valence-electron chi connectivity index (χ3n) is 4.19. The van der Waals surface area contributed by atoms with Crippen LogP contribution in [-0.2, 0) is 0 Å². The van der Waals surface area contributed by atoms with Gasteiger partial charge in [0.05, 0.1) is 5.66 Å². The summed E-state index contributed by atoms with van der Waals surface area (Å²) in [5, 5.41) is 12.7. The van der Waals surface area contributed by atoms with Gasteiger partial charge in [0.1, 0.15) is 0 Å². The van der Waals surface area contributed by atoms with Gasteiger partial charge in [0.15, 0.2) is 0 Å². The van der Waals surface area contributed by atoms with E-state index in [2.05, 4.69) is 24.1 Å². The van der Waals surface area contributed by atoms with Crippen LogP contribution in [0.4, 0.5) is 4.79 Å². The molecule has 98 valence electrons. The minimum atomic E-state index is -0.780. The first-order chi connectivity index (χ1) is 8.04. The average molecular weight is 241 g/mol. The van der Waals surface area contributed by atoms with Crippen molar-refractivity contribution in [3.63, 3.8) is 0 Å². The van der Waals surface area contributed by atoms with Gasteiger partial charge in [0, 0.05) is 32.7 Å². The minimum absolute atomic E-state index is 0.314. The van der Waals surface area contributed by atoms with Gasteiger partial charge in [-0.1, -0.05) is 6.92 Å². The van der Waals surface area contributed by atoms with Crippen molar-refractivity contribution >= 4 is 6.09 Å². The van der Waals surface area contributed by atoms with Crippen molar-refractivity contribution in [3.8, 4) is 0 Å². The summed E-state index contributed by atoms with van der Waals surface area (Å²) >= 11 is 0. The summed E-state index contributed by atoms with van der Waals surface area (Å²) in [6.45, 7) is 8.76. The molecule has 2 heterocycles. The van der Waals surface area contributed by atoms with Crippen LogP contribution in [0.2, 0.25) is 0 Å². The van der Waals surface area contributed by atoms with Gasteiger partial charge in [0.25, 0.3) is 0 Å². The predicted molar refractivity (Wildman–Crippen MR) is 66.0 cm³/mol. The van der Waals surface area contributed by atoms with E-state index in [4.69, 9.17) is 0 Å². The van der Waals surface area contributed by atoms with Crippen molar-refractivity contribution in [2.75, 3.05) is 32.7 Å². The van der Waals surface area contributed by atoms with E-state index in [1.165, 1.54) is 0 Å². The molecule has 0 radical (unpaired) electrons. The highest BCUT2D eigenvalue weighted by Gasteiger charge is 2.44. The number of hydrogen-bond acceptors (Lipinski definition) is 3. The van der Waals surface area contributed by atoms with Crippen molar-refractivity contribution in [3.05, 3.63) is 0 Å². The number of amides is 1. The molecule has 0 aliphatic carbocycles. The van der Waals surface area contributed by atoms with E-state index >= 15 is 0 Å². The van der Waals surface area contributed by atoms with Crippen LogP contribution in [0.1, 0.15) is 26.7 Å². The summed E-state index contributed by atoms with van der Waals surface area (Å²) < 4.78 is 0. The van der Waals surface area contributed by atoms with E-state index in [-0.39, 0.29) is 5.66 Å². The first-order valence-electron chi connectivity index (χ1n) is 6.50. The molecule has 1 amide bonds. The lowest BCUT2D eigenvalue weighted by atomic mass is 9.87. The average Bonchev–Trinajstić information content (AvgIpc) is 2.29. The monoisotopic (exact) mass is 241 g/mol. The third-order valence-corrected chi connectivity index (χ3v) is 4.19. The fourth-order valence-corrected chi connectivity index (χ4v) is 3.21. The molecule has 5 nitrogen and oxygen atoms in total. The highest BCUT2D eigenvalue weighted by atomic mass is 16.4. The van der Waals surface area contributed by atoms with Crippen LogP contribution in [0.3, 0.4) is 0 Å². The van der Waals surface area contributed by atoms with Crippen LogP contribution in [0.15, 0.2) is 0 Å². The first-order valence-corrected chi connectivity index (χ1v) is 6.50. The Balaban J connectivity index is 2.18. The number of rotatable bonds is 1.